The van der Waals surface area contributed by atoms with E-state index in [-0.39, 0.29) is 0 Å². The minimum Gasteiger partial charge on any atom is -0.508 e. The molecule has 0 amide bonds. The summed E-state index contributed by atoms with van der Waals surface area (Å²) >= 11 is 1.64. The molecule has 4 rings (SSSR count). The predicted octanol–water partition coefficient (Wildman–Crippen LogP) is 5.78. The van der Waals surface area contributed by atoms with Gasteiger partial charge in [0.2, 0.25) is 0 Å². The van der Waals surface area contributed by atoms with Crippen LogP contribution in [-0.4, -0.2) is 29.6 Å². The molecule has 1 N–H and O–H groups in total. The van der Waals surface area contributed by atoms with Gasteiger partial charge in [0.05, 0.1) is 5.56 Å². The molecule has 1 aliphatic heterocycles. The number of phenols is 1. The number of thiophene rings is 1. The summed E-state index contributed by atoms with van der Waals surface area (Å²) in [7, 11) is 0. The van der Waals surface area contributed by atoms with Gasteiger partial charge in [0.15, 0.2) is 0 Å². The number of phenolic OH excluding ortho intramolecular Hbond substituents is 1. The number of alkyl halides is 3. The highest BCUT2D eigenvalue weighted by atomic mass is 32.1. The van der Waals surface area contributed by atoms with Crippen molar-refractivity contribution in [3.63, 3.8) is 0 Å². The summed E-state index contributed by atoms with van der Waals surface area (Å²) in [6.45, 7) is 2.91. The van der Waals surface area contributed by atoms with Crippen molar-refractivity contribution < 1.29 is 18.3 Å². The van der Waals surface area contributed by atoms with Gasteiger partial charge < -0.3 is 10.0 Å². The highest BCUT2D eigenvalue weighted by Crippen LogP contribution is 2.33. The zero-order chi connectivity index (χ0) is 20.4. The summed E-state index contributed by atoms with van der Waals surface area (Å²) in [6.07, 6.45) is -1.46. The number of hydrogen-bond acceptors (Lipinski definition) is 3. The second-order valence-corrected chi connectivity index (χ2v) is 8.55. The van der Waals surface area contributed by atoms with E-state index < -0.39 is 11.7 Å². The van der Waals surface area contributed by atoms with Gasteiger partial charge in [-0.05, 0) is 72.4 Å². The number of fused-ring (bicyclic) bond motifs is 1. The lowest BCUT2D eigenvalue weighted by Crippen LogP contribution is -2.28. The number of nitrogens with zero attached hydrogens (tertiary/aromatic N) is 1. The molecule has 2 nitrogen and oxygen atoms in total. The van der Waals surface area contributed by atoms with Crippen LogP contribution < -0.4 is 0 Å². The molecule has 0 aliphatic carbocycles. The molecule has 2 heterocycles. The number of aromatic hydroxyl groups is 1. The van der Waals surface area contributed by atoms with E-state index in [0.29, 0.717) is 5.75 Å². The first-order valence-corrected chi connectivity index (χ1v) is 10.5. The molecule has 1 aliphatic rings. The minimum absolute atomic E-state index is 0.326. The molecular weight excluding hydrogens is 395 g/mol. The van der Waals surface area contributed by atoms with Gasteiger partial charge in [-0.25, -0.2) is 0 Å². The van der Waals surface area contributed by atoms with E-state index in [1.165, 1.54) is 16.0 Å². The molecular formula is C23H22F3NOS. The van der Waals surface area contributed by atoms with Crippen molar-refractivity contribution in [1.29, 1.82) is 0 Å². The van der Waals surface area contributed by atoms with E-state index in [9.17, 15) is 18.3 Å². The van der Waals surface area contributed by atoms with Gasteiger partial charge in [-0.15, -0.1) is 11.3 Å². The van der Waals surface area contributed by atoms with Crippen LogP contribution in [0.3, 0.4) is 0 Å². The molecule has 29 heavy (non-hydrogen) atoms. The van der Waals surface area contributed by atoms with E-state index in [1.54, 1.807) is 29.5 Å². The topological polar surface area (TPSA) is 23.5 Å². The quantitative estimate of drug-likeness (QED) is 0.581. The molecule has 3 aromatic rings. The molecule has 152 valence electrons. The molecule has 0 atom stereocenters. The molecule has 0 fully saturated rings. The first kappa shape index (κ1) is 20.0. The molecule has 0 spiro atoms. The van der Waals surface area contributed by atoms with Crippen molar-refractivity contribution >= 4 is 11.3 Å². The zero-order valence-electron chi connectivity index (χ0n) is 15.9. The van der Waals surface area contributed by atoms with E-state index >= 15 is 0 Å². The fourth-order valence-corrected chi connectivity index (χ4v) is 4.74. The number of rotatable bonds is 4. The van der Waals surface area contributed by atoms with Gasteiger partial charge in [-0.1, -0.05) is 18.2 Å². The Morgan fingerprint density at radius 2 is 1.62 bits per heavy atom. The Labute approximate surface area is 172 Å². The van der Waals surface area contributed by atoms with Crippen LogP contribution in [0.4, 0.5) is 13.2 Å². The van der Waals surface area contributed by atoms with Gasteiger partial charge in [-0.2, -0.15) is 13.2 Å². The number of benzene rings is 2. The highest BCUT2D eigenvalue weighted by Gasteiger charge is 2.30. The van der Waals surface area contributed by atoms with Gasteiger partial charge in [0, 0.05) is 29.4 Å². The number of hydrogen-bond donors (Lipinski definition) is 1. The van der Waals surface area contributed by atoms with Crippen molar-refractivity contribution in [2.24, 2.45) is 0 Å². The number of halogens is 3. The molecule has 6 heteroatoms. The average molecular weight is 417 g/mol. The van der Waals surface area contributed by atoms with E-state index in [4.69, 9.17) is 0 Å². The summed E-state index contributed by atoms with van der Waals surface area (Å²) in [5, 5.41) is 9.68. The second-order valence-electron chi connectivity index (χ2n) is 7.39. The fourth-order valence-electron chi connectivity index (χ4n) is 3.74. The van der Waals surface area contributed by atoms with Crippen LogP contribution in [0.5, 0.6) is 5.75 Å². The van der Waals surface area contributed by atoms with Gasteiger partial charge in [0.25, 0.3) is 0 Å². The smallest absolute Gasteiger partial charge is 0.416 e. The molecule has 2 aromatic carbocycles. The fraction of sp³-hybridized carbons (Fsp3) is 0.304. The van der Waals surface area contributed by atoms with Crippen molar-refractivity contribution in [1.82, 2.24) is 4.90 Å². The van der Waals surface area contributed by atoms with Crippen molar-refractivity contribution in [2.75, 3.05) is 19.6 Å². The minimum atomic E-state index is -4.30. The zero-order valence-corrected chi connectivity index (χ0v) is 16.7. The van der Waals surface area contributed by atoms with Crippen LogP contribution in [0.15, 0.2) is 54.6 Å². The maximum atomic E-state index is 12.7. The predicted molar refractivity (Wildman–Crippen MR) is 110 cm³/mol. The summed E-state index contributed by atoms with van der Waals surface area (Å²) in [4.78, 5) is 4.67. The summed E-state index contributed by atoms with van der Waals surface area (Å²) in [6, 6.07) is 15.1. The van der Waals surface area contributed by atoms with Crippen LogP contribution in [0.25, 0.3) is 10.4 Å². The molecule has 0 saturated heterocycles. The van der Waals surface area contributed by atoms with Crippen LogP contribution >= 0.6 is 11.3 Å². The molecule has 0 bridgehead atoms. The Hall–Kier alpha value is -2.31. The molecule has 0 unspecified atom stereocenters. The Balaban J connectivity index is 1.35. The monoisotopic (exact) mass is 417 g/mol. The van der Waals surface area contributed by atoms with E-state index in [2.05, 4.69) is 11.0 Å². The van der Waals surface area contributed by atoms with Crippen molar-refractivity contribution in [3.05, 3.63) is 76.2 Å². The maximum absolute atomic E-state index is 12.7. The van der Waals surface area contributed by atoms with Crippen molar-refractivity contribution in [2.45, 2.75) is 25.4 Å². The summed E-state index contributed by atoms with van der Waals surface area (Å²) in [5.74, 6) is 0.326. The van der Waals surface area contributed by atoms with E-state index in [1.807, 2.05) is 18.2 Å². The van der Waals surface area contributed by atoms with E-state index in [0.717, 1.165) is 61.5 Å². The van der Waals surface area contributed by atoms with Crippen molar-refractivity contribution in [3.8, 4) is 16.2 Å². The highest BCUT2D eigenvalue weighted by molar-refractivity contribution is 7.15. The molecule has 0 radical (unpaired) electrons. The average Bonchev–Trinajstić information content (AvgIpc) is 3.08. The molecule has 1 aromatic heterocycles. The Morgan fingerprint density at radius 3 is 2.34 bits per heavy atom. The third-order valence-electron chi connectivity index (χ3n) is 5.42. The first-order chi connectivity index (χ1) is 13.9. The second kappa shape index (κ2) is 8.20. The first-order valence-electron chi connectivity index (χ1n) is 9.68. The van der Waals surface area contributed by atoms with Crippen LogP contribution in [0, 0.1) is 0 Å². The lowest BCUT2D eigenvalue weighted by Gasteiger charge is -2.19. The summed E-state index contributed by atoms with van der Waals surface area (Å²) in [5.41, 5.74) is 2.74. The van der Waals surface area contributed by atoms with Crippen LogP contribution in [-0.2, 0) is 25.4 Å². The normalized spacial score (nSPS) is 15.1. The third-order valence-corrected chi connectivity index (χ3v) is 6.61. The Bertz CT molecular complexity index is 979. The Kier molecular flexibility index (Phi) is 5.65. The van der Waals surface area contributed by atoms with Crippen LogP contribution in [0.1, 0.15) is 21.6 Å². The lowest BCUT2D eigenvalue weighted by atomic mass is 10.0. The SMILES string of the molecule is Oc1ccc2c(c1)CCN(CCc1ccc(-c3ccc(C(F)(F)F)cc3)s1)CC2. The van der Waals surface area contributed by atoms with Gasteiger partial charge in [-0.3, -0.25) is 0 Å². The largest absolute Gasteiger partial charge is 0.508 e. The maximum Gasteiger partial charge on any atom is 0.416 e. The van der Waals surface area contributed by atoms with Gasteiger partial charge >= 0.3 is 6.18 Å². The van der Waals surface area contributed by atoms with Crippen LogP contribution in [0.2, 0.25) is 0 Å². The standard InChI is InChI=1S/C23H22F3NOS/c24-23(25,26)19-4-1-17(2-5-19)22-8-7-21(29-22)11-14-27-12-9-16-3-6-20(28)15-18(16)10-13-27/h1-8,15,28H,9-14H2. The lowest BCUT2D eigenvalue weighted by molar-refractivity contribution is -0.137. The summed E-state index contributed by atoms with van der Waals surface area (Å²) < 4.78 is 38.2. The third kappa shape index (κ3) is 4.82. The Morgan fingerprint density at radius 1 is 0.897 bits per heavy atom. The molecule has 0 saturated carbocycles. The van der Waals surface area contributed by atoms with Gasteiger partial charge in [0.1, 0.15) is 5.75 Å².